The Morgan fingerprint density at radius 2 is 2.18 bits per heavy atom. The van der Waals surface area contributed by atoms with Crippen LogP contribution in [-0.2, 0) is 6.42 Å². The number of aryl methyl sites for hydroxylation is 2. The third kappa shape index (κ3) is 1.64. The van der Waals surface area contributed by atoms with E-state index in [-0.39, 0.29) is 0 Å². The maximum Gasteiger partial charge on any atom is 0.123 e. The molecule has 0 amide bonds. The molecule has 4 heteroatoms. The Balaban J connectivity index is 2.28. The molecule has 0 unspecified atom stereocenters. The number of benzene rings is 1. The Morgan fingerprint density at radius 3 is 3.00 bits per heavy atom. The molecular weight excluding hydrogens is 230 g/mol. The van der Waals surface area contributed by atoms with Gasteiger partial charge in [-0.2, -0.15) is 0 Å². The van der Waals surface area contributed by atoms with Crippen LogP contribution >= 0.6 is 11.3 Å². The summed E-state index contributed by atoms with van der Waals surface area (Å²) < 4.78 is 3.60. The molecule has 0 fully saturated rings. The number of nitrogens with two attached hydrogens (primary N) is 1. The lowest BCUT2D eigenvalue weighted by atomic mass is 10.3. The SMILES string of the molecule is Cc1nc(CCCN)n2c1sc1ccccc12. The summed E-state index contributed by atoms with van der Waals surface area (Å²) in [4.78, 5) is 5.92. The molecule has 3 aromatic rings. The van der Waals surface area contributed by atoms with Crippen LogP contribution in [0.3, 0.4) is 0 Å². The van der Waals surface area contributed by atoms with Gasteiger partial charge in [-0.3, -0.25) is 4.40 Å². The number of nitrogens with zero attached hydrogens (tertiary/aromatic N) is 2. The molecule has 0 bridgehead atoms. The molecule has 0 saturated heterocycles. The molecule has 1 aromatic carbocycles. The standard InChI is InChI=1S/C13H15N3S/c1-9-13-16(12(15-9)7-4-8-14)10-5-2-3-6-11(10)17-13/h2-3,5-6H,4,7-8,14H2,1H3. The second kappa shape index (κ2) is 4.13. The lowest BCUT2D eigenvalue weighted by Crippen LogP contribution is -2.02. The molecule has 0 spiro atoms. The number of hydrogen-bond acceptors (Lipinski definition) is 3. The molecule has 0 radical (unpaired) electrons. The topological polar surface area (TPSA) is 43.3 Å². The van der Waals surface area contributed by atoms with E-state index in [4.69, 9.17) is 5.73 Å². The second-order valence-corrected chi connectivity index (χ2v) is 5.25. The zero-order valence-corrected chi connectivity index (χ0v) is 10.6. The Kier molecular flexibility index (Phi) is 2.61. The number of aromatic nitrogens is 2. The van der Waals surface area contributed by atoms with Crippen molar-refractivity contribution in [1.82, 2.24) is 9.38 Å². The largest absolute Gasteiger partial charge is 0.330 e. The molecule has 3 nitrogen and oxygen atoms in total. The molecular formula is C13H15N3S. The molecule has 2 aromatic heterocycles. The van der Waals surface area contributed by atoms with Gasteiger partial charge in [0.1, 0.15) is 10.7 Å². The summed E-state index contributed by atoms with van der Waals surface area (Å²) >= 11 is 1.81. The fourth-order valence-corrected chi connectivity index (χ4v) is 3.31. The molecule has 0 saturated carbocycles. The number of para-hydroxylation sites is 1. The summed E-state index contributed by atoms with van der Waals surface area (Å²) in [5.74, 6) is 1.14. The summed E-state index contributed by atoms with van der Waals surface area (Å²) in [6, 6.07) is 8.49. The van der Waals surface area contributed by atoms with Crippen molar-refractivity contribution in [3.8, 4) is 0 Å². The minimum atomic E-state index is 0.718. The average molecular weight is 245 g/mol. The number of imidazole rings is 1. The van der Waals surface area contributed by atoms with Crippen LogP contribution < -0.4 is 5.73 Å². The number of fused-ring (bicyclic) bond motifs is 3. The van der Waals surface area contributed by atoms with Crippen molar-refractivity contribution in [2.75, 3.05) is 6.54 Å². The Labute approximate surface area is 104 Å². The summed E-state index contributed by atoms with van der Waals surface area (Å²) in [6.07, 6.45) is 1.94. The predicted octanol–water partition coefficient (Wildman–Crippen LogP) is 2.75. The molecule has 0 aliphatic carbocycles. The number of thiazole rings is 1. The van der Waals surface area contributed by atoms with E-state index in [9.17, 15) is 0 Å². The molecule has 17 heavy (non-hydrogen) atoms. The van der Waals surface area contributed by atoms with Crippen LogP contribution in [0.15, 0.2) is 24.3 Å². The first-order chi connectivity index (χ1) is 8.31. The van der Waals surface area contributed by atoms with Crippen molar-refractivity contribution in [3.05, 3.63) is 35.8 Å². The zero-order valence-electron chi connectivity index (χ0n) is 9.81. The highest BCUT2D eigenvalue weighted by Crippen LogP contribution is 2.30. The summed E-state index contributed by atoms with van der Waals surface area (Å²) in [6.45, 7) is 2.80. The van der Waals surface area contributed by atoms with Gasteiger partial charge in [0.25, 0.3) is 0 Å². The van der Waals surface area contributed by atoms with E-state index < -0.39 is 0 Å². The Bertz CT molecular complexity index is 666. The van der Waals surface area contributed by atoms with E-state index in [0.29, 0.717) is 0 Å². The molecule has 2 N–H and O–H groups in total. The lowest BCUT2D eigenvalue weighted by Gasteiger charge is -1.98. The highest BCUT2D eigenvalue weighted by molar-refractivity contribution is 7.24. The lowest BCUT2D eigenvalue weighted by molar-refractivity contribution is 0.783. The molecule has 0 atom stereocenters. The monoisotopic (exact) mass is 245 g/mol. The van der Waals surface area contributed by atoms with Gasteiger partial charge >= 0.3 is 0 Å². The first-order valence-electron chi connectivity index (χ1n) is 5.87. The fourth-order valence-electron chi connectivity index (χ4n) is 2.20. The number of rotatable bonds is 3. The van der Waals surface area contributed by atoms with Gasteiger partial charge in [0.15, 0.2) is 0 Å². The molecule has 0 aliphatic heterocycles. The molecule has 2 heterocycles. The smallest absolute Gasteiger partial charge is 0.123 e. The maximum atomic E-state index is 5.58. The third-order valence-electron chi connectivity index (χ3n) is 2.98. The van der Waals surface area contributed by atoms with E-state index in [0.717, 1.165) is 30.9 Å². The van der Waals surface area contributed by atoms with Crippen LogP contribution in [0, 0.1) is 6.92 Å². The van der Waals surface area contributed by atoms with E-state index in [1.165, 1.54) is 15.0 Å². The van der Waals surface area contributed by atoms with E-state index in [1.807, 2.05) is 11.3 Å². The van der Waals surface area contributed by atoms with Crippen molar-refractivity contribution >= 4 is 26.4 Å². The van der Waals surface area contributed by atoms with Crippen LogP contribution in [0.2, 0.25) is 0 Å². The van der Waals surface area contributed by atoms with Crippen molar-refractivity contribution in [3.63, 3.8) is 0 Å². The van der Waals surface area contributed by atoms with E-state index in [2.05, 4.69) is 40.6 Å². The number of hydrogen-bond donors (Lipinski definition) is 1. The maximum absolute atomic E-state index is 5.58. The first-order valence-corrected chi connectivity index (χ1v) is 6.68. The van der Waals surface area contributed by atoms with Crippen LogP contribution in [-0.4, -0.2) is 15.9 Å². The van der Waals surface area contributed by atoms with Gasteiger partial charge in [0.05, 0.1) is 15.9 Å². The van der Waals surface area contributed by atoms with Gasteiger partial charge < -0.3 is 5.73 Å². The molecule has 88 valence electrons. The van der Waals surface area contributed by atoms with E-state index in [1.54, 1.807) is 0 Å². The highest BCUT2D eigenvalue weighted by atomic mass is 32.1. The third-order valence-corrected chi connectivity index (χ3v) is 4.22. The second-order valence-electron chi connectivity index (χ2n) is 4.22. The van der Waals surface area contributed by atoms with Crippen LogP contribution in [0.25, 0.3) is 15.0 Å². The molecule has 3 rings (SSSR count). The van der Waals surface area contributed by atoms with Crippen molar-refractivity contribution in [2.45, 2.75) is 19.8 Å². The minimum Gasteiger partial charge on any atom is -0.330 e. The van der Waals surface area contributed by atoms with Gasteiger partial charge in [0, 0.05) is 6.42 Å². The normalized spacial score (nSPS) is 11.6. The first kappa shape index (κ1) is 10.7. The summed E-state index contributed by atoms with van der Waals surface area (Å²) in [5.41, 5.74) is 7.97. The molecule has 0 aliphatic rings. The quantitative estimate of drug-likeness (QED) is 0.771. The summed E-state index contributed by atoms with van der Waals surface area (Å²) in [5, 5.41) is 0. The van der Waals surface area contributed by atoms with Crippen LogP contribution in [0.4, 0.5) is 0 Å². The van der Waals surface area contributed by atoms with Crippen molar-refractivity contribution in [2.24, 2.45) is 5.73 Å². The fraction of sp³-hybridized carbons (Fsp3) is 0.308. The van der Waals surface area contributed by atoms with Gasteiger partial charge in [-0.1, -0.05) is 12.1 Å². The zero-order chi connectivity index (χ0) is 11.8. The average Bonchev–Trinajstić information content (AvgIpc) is 2.86. The van der Waals surface area contributed by atoms with Crippen molar-refractivity contribution < 1.29 is 0 Å². The van der Waals surface area contributed by atoms with E-state index >= 15 is 0 Å². The minimum absolute atomic E-state index is 0.718. The van der Waals surface area contributed by atoms with Gasteiger partial charge in [-0.05, 0) is 32.0 Å². The highest BCUT2D eigenvalue weighted by Gasteiger charge is 2.12. The Hall–Kier alpha value is -1.39. The predicted molar refractivity (Wildman–Crippen MR) is 72.7 cm³/mol. The summed E-state index contributed by atoms with van der Waals surface area (Å²) in [7, 11) is 0. The van der Waals surface area contributed by atoms with Gasteiger partial charge in [-0.25, -0.2) is 4.98 Å². The van der Waals surface area contributed by atoms with Gasteiger partial charge in [-0.15, -0.1) is 11.3 Å². The van der Waals surface area contributed by atoms with Crippen molar-refractivity contribution in [1.29, 1.82) is 0 Å². The Morgan fingerprint density at radius 1 is 1.35 bits per heavy atom. The van der Waals surface area contributed by atoms with Gasteiger partial charge in [0.2, 0.25) is 0 Å². The van der Waals surface area contributed by atoms with Crippen LogP contribution in [0.5, 0.6) is 0 Å². The van der Waals surface area contributed by atoms with Crippen LogP contribution in [0.1, 0.15) is 17.9 Å².